The highest BCUT2D eigenvalue weighted by Gasteiger charge is 2.26. The molecule has 1 aliphatic carbocycles. The summed E-state index contributed by atoms with van der Waals surface area (Å²) in [6, 6.07) is 0. The molecule has 2 aliphatic rings. The van der Waals surface area contributed by atoms with E-state index in [4.69, 9.17) is 13.7 Å². The van der Waals surface area contributed by atoms with Crippen LogP contribution in [0, 0.1) is 5.92 Å². The monoisotopic (exact) mass is 302 g/mol. The van der Waals surface area contributed by atoms with Gasteiger partial charge in [0.1, 0.15) is 12.4 Å². The first-order chi connectivity index (χ1) is 9.49. The third-order valence-electron chi connectivity index (χ3n) is 3.23. The van der Waals surface area contributed by atoms with E-state index in [0.717, 1.165) is 18.1 Å². The minimum Gasteiger partial charge on any atom is -0.376 e. The third kappa shape index (κ3) is 4.24. The minimum atomic E-state index is -3.46. The van der Waals surface area contributed by atoms with Gasteiger partial charge in [0.25, 0.3) is 10.1 Å². The number of carbonyl (C=O) groups is 1. The summed E-state index contributed by atoms with van der Waals surface area (Å²) in [7, 11) is -3.46. The summed E-state index contributed by atoms with van der Waals surface area (Å²) in [5.41, 5.74) is 1.43. The first-order valence-corrected chi connectivity index (χ1v) is 8.21. The van der Waals surface area contributed by atoms with E-state index >= 15 is 0 Å². The van der Waals surface area contributed by atoms with Crippen molar-refractivity contribution in [2.45, 2.75) is 12.5 Å². The molecule has 0 aromatic heterocycles. The van der Waals surface area contributed by atoms with Gasteiger partial charge in [-0.2, -0.15) is 8.42 Å². The van der Waals surface area contributed by atoms with Crippen LogP contribution in [0.15, 0.2) is 23.3 Å². The van der Waals surface area contributed by atoms with Crippen molar-refractivity contribution in [1.29, 1.82) is 0 Å². The number of carbonyl (C=O) groups excluding carboxylic acids is 1. The van der Waals surface area contributed by atoms with Gasteiger partial charge in [-0.05, 0) is 12.0 Å². The van der Waals surface area contributed by atoms with Gasteiger partial charge in [0.2, 0.25) is 0 Å². The van der Waals surface area contributed by atoms with E-state index in [2.05, 4.69) is 0 Å². The normalized spacial score (nSPS) is 27.6. The molecule has 7 heteroatoms. The molecule has 0 saturated carbocycles. The Morgan fingerprint density at radius 1 is 1.45 bits per heavy atom. The highest BCUT2D eigenvalue weighted by atomic mass is 32.2. The number of rotatable bonds is 5. The van der Waals surface area contributed by atoms with Gasteiger partial charge in [0.15, 0.2) is 0 Å². The summed E-state index contributed by atoms with van der Waals surface area (Å²) >= 11 is 0. The van der Waals surface area contributed by atoms with E-state index in [1.54, 1.807) is 12.2 Å². The van der Waals surface area contributed by atoms with Gasteiger partial charge in [-0.25, -0.2) is 0 Å². The van der Waals surface area contributed by atoms with E-state index in [9.17, 15) is 13.2 Å². The Morgan fingerprint density at radius 2 is 2.25 bits per heavy atom. The molecule has 0 N–H and O–H groups in total. The SMILES string of the molecule is CS(=O)(=O)OCC1C=CC(C=O)=C(C2COCCO2)C1. The molecule has 0 radical (unpaired) electrons. The fraction of sp³-hybridized carbons (Fsp3) is 0.615. The van der Waals surface area contributed by atoms with Crippen LogP contribution < -0.4 is 0 Å². The third-order valence-corrected chi connectivity index (χ3v) is 3.79. The molecule has 0 aromatic carbocycles. The molecule has 1 aliphatic heterocycles. The number of hydrogen-bond acceptors (Lipinski definition) is 6. The van der Waals surface area contributed by atoms with Crippen LogP contribution in [-0.2, 0) is 28.6 Å². The summed E-state index contributed by atoms with van der Waals surface area (Å²) in [4.78, 5) is 11.1. The Bertz CT molecular complexity index is 513. The Labute approximate surface area is 118 Å². The van der Waals surface area contributed by atoms with Crippen LogP contribution in [-0.4, -0.2) is 53.5 Å². The lowest BCUT2D eigenvalue weighted by Crippen LogP contribution is -2.33. The molecule has 1 saturated heterocycles. The highest BCUT2D eigenvalue weighted by Crippen LogP contribution is 2.28. The van der Waals surface area contributed by atoms with Crippen LogP contribution in [0.1, 0.15) is 6.42 Å². The van der Waals surface area contributed by atoms with Crippen molar-refractivity contribution in [1.82, 2.24) is 0 Å². The standard InChI is InChI=1S/C13H18O6S/c1-20(15,16)19-8-10-2-3-11(7-14)12(6-10)13-9-17-4-5-18-13/h2-3,7,10,13H,4-6,8-9H2,1H3. The molecular weight excluding hydrogens is 284 g/mol. The Balaban J connectivity index is 2.05. The predicted octanol–water partition coefficient (Wildman–Crippen LogP) is 0.450. The van der Waals surface area contributed by atoms with Crippen molar-refractivity contribution >= 4 is 16.4 Å². The van der Waals surface area contributed by atoms with Gasteiger partial charge in [-0.1, -0.05) is 12.2 Å². The molecule has 2 atom stereocenters. The van der Waals surface area contributed by atoms with Gasteiger partial charge >= 0.3 is 0 Å². The maximum Gasteiger partial charge on any atom is 0.264 e. The van der Waals surface area contributed by atoms with Crippen molar-refractivity contribution in [2.75, 3.05) is 32.7 Å². The number of ether oxygens (including phenoxy) is 2. The lowest BCUT2D eigenvalue weighted by molar-refractivity contribution is -0.105. The smallest absolute Gasteiger partial charge is 0.264 e. The Hall–Kier alpha value is -1.02. The lowest BCUT2D eigenvalue weighted by Gasteiger charge is -2.29. The molecule has 0 spiro atoms. The van der Waals surface area contributed by atoms with Gasteiger partial charge in [0, 0.05) is 11.5 Å². The van der Waals surface area contributed by atoms with Gasteiger partial charge in [-0.15, -0.1) is 0 Å². The molecule has 0 aromatic rings. The lowest BCUT2D eigenvalue weighted by atomic mass is 9.87. The molecular formula is C13H18O6S. The van der Waals surface area contributed by atoms with Crippen LogP contribution in [0.3, 0.4) is 0 Å². The van der Waals surface area contributed by atoms with Crippen molar-refractivity contribution in [3.8, 4) is 0 Å². The average Bonchev–Trinajstić information content (AvgIpc) is 2.45. The molecule has 0 amide bonds. The zero-order valence-electron chi connectivity index (χ0n) is 11.3. The van der Waals surface area contributed by atoms with Crippen LogP contribution >= 0.6 is 0 Å². The molecule has 20 heavy (non-hydrogen) atoms. The van der Waals surface area contributed by atoms with Crippen LogP contribution in [0.25, 0.3) is 0 Å². The molecule has 2 rings (SSSR count). The summed E-state index contributed by atoms with van der Waals surface area (Å²) in [6.45, 7) is 1.53. The molecule has 1 heterocycles. The maximum absolute atomic E-state index is 11.1. The molecule has 2 unspecified atom stereocenters. The highest BCUT2D eigenvalue weighted by molar-refractivity contribution is 7.85. The second-order valence-electron chi connectivity index (χ2n) is 4.84. The van der Waals surface area contributed by atoms with Crippen LogP contribution in [0.5, 0.6) is 0 Å². The van der Waals surface area contributed by atoms with Crippen molar-refractivity contribution in [3.63, 3.8) is 0 Å². The average molecular weight is 302 g/mol. The fourth-order valence-corrected chi connectivity index (χ4v) is 2.68. The summed E-state index contributed by atoms with van der Waals surface area (Å²) in [5.74, 6) is -0.0889. The fourth-order valence-electron chi connectivity index (χ4n) is 2.26. The maximum atomic E-state index is 11.1. The summed E-state index contributed by atoms with van der Waals surface area (Å²) in [5, 5.41) is 0. The first kappa shape index (κ1) is 15.4. The second kappa shape index (κ2) is 6.62. The van der Waals surface area contributed by atoms with E-state index in [0.29, 0.717) is 31.8 Å². The molecule has 6 nitrogen and oxygen atoms in total. The van der Waals surface area contributed by atoms with Crippen molar-refractivity contribution in [3.05, 3.63) is 23.3 Å². The Morgan fingerprint density at radius 3 is 2.85 bits per heavy atom. The van der Waals surface area contributed by atoms with Crippen LogP contribution in [0.2, 0.25) is 0 Å². The topological polar surface area (TPSA) is 78.9 Å². The van der Waals surface area contributed by atoms with Crippen molar-refractivity contribution < 1.29 is 26.9 Å². The quantitative estimate of drug-likeness (QED) is 0.542. The van der Waals surface area contributed by atoms with E-state index in [-0.39, 0.29) is 18.6 Å². The summed E-state index contributed by atoms with van der Waals surface area (Å²) in [6.07, 6.45) is 5.59. The molecule has 1 fully saturated rings. The number of aldehydes is 1. The van der Waals surface area contributed by atoms with E-state index in [1.807, 2.05) is 0 Å². The van der Waals surface area contributed by atoms with Gasteiger partial charge in [0.05, 0.1) is 32.7 Å². The van der Waals surface area contributed by atoms with E-state index < -0.39 is 10.1 Å². The van der Waals surface area contributed by atoms with Gasteiger partial charge in [-0.3, -0.25) is 8.98 Å². The first-order valence-electron chi connectivity index (χ1n) is 6.40. The van der Waals surface area contributed by atoms with E-state index in [1.165, 1.54) is 0 Å². The number of hydrogen-bond donors (Lipinski definition) is 0. The zero-order valence-corrected chi connectivity index (χ0v) is 12.1. The Kier molecular flexibility index (Phi) is 5.09. The molecule has 112 valence electrons. The summed E-state index contributed by atoms with van der Waals surface area (Å²) < 4.78 is 37.8. The van der Waals surface area contributed by atoms with Crippen molar-refractivity contribution in [2.24, 2.45) is 5.92 Å². The molecule has 0 bridgehead atoms. The second-order valence-corrected chi connectivity index (χ2v) is 6.49. The minimum absolute atomic E-state index is 0.0680. The van der Waals surface area contributed by atoms with Crippen LogP contribution in [0.4, 0.5) is 0 Å². The largest absolute Gasteiger partial charge is 0.376 e. The van der Waals surface area contributed by atoms with Gasteiger partial charge < -0.3 is 9.47 Å². The predicted molar refractivity (Wildman–Crippen MR) is 71.7 cm³/mol. The zero-order chi connectivity index (χ0) is 14.6. The number of allylic oxidation sites excluding steroid dienone is 2.